The van der Waals surface area contributed by atoms with E-state index in [1.54, 1.807) is 0 Å². The molecular formula is C22H21BrN2O3. The Morgan fingerprint density at radius 1 is 0.821 bits per heavy atom. The number of amides is 1. The molecule has 0 unspecified atom stereocenters. The first-order chi connectivity index (χ1) is 13.7. The Balaban J connectivity index is 1.52. The summed E-state index contributed by atoms with van der Waals surface area (Å²) in [5, 5.41) is 5.95. The molecule has 0 aliphatic heterocycles. The van der Waals surface area contributed by atoms with E-state index in [0.29, 0.717) is 19.0 Å². The van der Waals surface area contributed by atoms with Gasteiger partial charge in [0.15, 0.2) is 0 Å². The molecule has 28 heavy (non-hydrogen) atoms. The summed E-state index contributed by atoms with van der Waals surface area (Å²) in [4.78, 5) is 12.2. The van der Waals surface area contributed by atoms with Gasteiger partial charge in [-0.15, -0.1) is 0 Å². The van der Waals surface area contributed by atoms with E-state index in [4.69, 9.17) is 9.47 Å². The van der Waals surface area contributed by atoms with E-state index in [1.165, 1.54) is 0 Å². The number of ether oxygens (including phenoxy) is 2. The molecule has 0 atom stereocenters. The minimum absolute atomic E-state index is 0.212. The molecule has 0 spiro atoms. The van der Waals surface area contributed by atoms with Crippen LogP contribution < -0.4 is 10.6 Å². The van der Waals surface area contributed by atoms with Crippen LogP contribution >= 0.6 is 15.9 Å². The maximum absolute atomic E-state index is 12.2. The molecule has 0 saturated heterocycles. The topological polar surface area (TPSA) is 59.6 Å². The first kappa shape index (κ1) is 19.9. The van der Waals surface area contributed by atoms with Crippen molar-refractivity contribution >= 4 is 33.4 Å². The molecule has 6 heteroatoms. The lowest BCUT2D eigenvalue weighted by molar-refractivity contribution is 0.138. The average molecular weight is 441 g/mol. The number of carbonyl (C=O) groups excluding carboxylic acids is 1. The Hall–Kier alpha value is -2.83. The number of benzene rings is 3. The molecule has 1 amide bonds. The Bertz CT molecular complexity index is 889. The highest BCUT2D eigenvalue weighted by atomic mass is 79.9. The fourth-order valence-electron chi connectivity index (χ4n) is 2.52. The lowest BCUT2D eigenvalue weighted by Gasteiger charge is -2.14. The minimum Gasteiger partial charge on any atom is -0.444 e. The van der Waals surface area contributed by atoms with Gasteiger partial charge in [-0.1, -0.05) is 76.6 Å². The van der Waals surface area contributed by atoms with Crippen LogP contribution in [0.25, 0.3) is 0 Å². The van der Waals surface area contributed by atoms with E-state index < -0.39 is 6.09 Å². The van der Waals surface area contributed by atoms with Crippen LogP contribution in [0.4, 0.5) is 16.2 Å². The van der Waals surface area contributed by atoms with E-state index in [0.717, 1.165) is 21.3 Å². The van der Waals surface area contributed by atoms with E-state index >= 15 is 0 Å². The zero-order valence-electron chi connectivity index (χ0n) is 15.2. The number of carbonyl (C=O) groups is 1. The molecule has 0 fully saturated rings. The summed E-state index contributed by atoms with van der Waals surface area (Å²) in [6, 6.07) is 25.0. The van der Waals surface area contributed by atoms with Crippen LogP contribution in [0.3, 0.4) is 0 Å². The molecule has 5 nitrogen and oxygen atoms in total. The SMILES string of the molecule is O=C(Nc1cc(Br)ccc1NCOCc1ccccc1)OCc1ccccc1. The van der Waals surface area contributed by atoms with Gasteiger partial charge in [-0.2, -0.15) is 0 Å². The monoisotopic (exact) mass is 440 g/mol. The van der Waals surface area contributed by atoms with Gasteiger partial charge < -0.3 is 14.8 Å². The predicted octanol–water partition coefficient (Wildman–Crippen LogP) is 5.78. The van der Waals surface area contributed by atoms with Gasteiger partial charge in [0, 0.05) is 4.47 Å². The first-order valence-corrected chi connectivity index (χ1v) is 9.63. The molecule has 3 aromatic carbocycles. The van der Waals surface area contributed by atoms with Crippen LogP contribution in [-0.2, 0) is 22.7 Å². The molecule has 0 heterocycles. The largest absolute Gasteiger partial charge is 0.444 e. The van der Waals surface area contributed by atoms with Crippen molar-refractivity contribution in [1.82, 2.24) is 0 Å². The first-order valence-electron chi connectivity index (χ1n) is 8.83. The predicted molar refractivity (Wildman–Crippen MR) is 114 cm³/mol. The highest BCUT2D eigenvalue weighted by molar-refractivity contribution is 9.10. The number of anilines is 2. The zero-order valence-corrected chi connectivity index (χ0v) is 16.8. The summed E-state index contributed by atoms with van der Waals surface area (Å²) in [6.07, 6.45) is -0.518. The highest BCUT2D eigenvalue weighted by Crippen LogP contribution is 2.26. The highest BCUT2D eigenvalue weighted by Gasteiger charge is 2.09. The number of halogens is 1. The van der Waals surface area contributed by atoms with Crippen molar-refractivity contribution in [2.75, 3.05) is 17.4 Å². The lowest BCUT2D eigenvalue weighted by Crippen LogP contribution is -2.16. The van der Waals surface area contributed by atoms with Crippen molar-refractivity contribution in [2.24, 2.45) is 0 Å². The maximum atomic E-state index is 12.2. The third-order valence-electron chi connectivity index (χ3n) is 3.91. The molecule has 0 bridgehead atoms. The van der Waals surface area contributed by atoms with Gasteiger partial charge in [0.1, 0.15) is 13.3 Å². The zero-order chi connectivity index (χ0) is 19.6. The summed E-state index contributed by atoms with van der Waals surface area (Å²) in [5.74, 6) is 0. The summed E-state index contributed by atoms with van der Waals surface area (Å²) >= 11 is 3.42. The molecule has 2 N–H and O–H groups in total. The van der Waals surface area contributed by atoms with Crippen LogP contribution in [0.5, 0.6) is 0 Å². The Morgan fingerprint density at radius 2 is 1.46 bits per heavy atom. The molecular weight excluding hydrogens is 420 g/mol. The van der Waals surface area contributed by atoms with Crippen LogP contribution in [0.15, 0.2) is 83.3 Å². The second kappa shape index (κ2) is 10.5. The van der Waals surface area contributed by atoms with Gasteiger partial charge in [-0.3, -0.25) is 5.32 Å². The standard InChI is InChI=1S/C22H21BrN2O3/c23-19-11-12-20(24-16-27-14-17-7-3-1-4-8-17)21(13-19)25-22(26)28-15-18-9-5-2-6-10-18/h1-13,24H,14-16H2,(H,25,26). The molecule has 3 rings (SSSR count). The van der Waals surface area contributed by atoms with Gasteiger partial charge in [-0.25, -0.2) is 4.79 Å². The minimum atomic E-state index is -0.518. The molecule has 0 saturated carbocycles. The van der Waals surface area contributed by atoms with Crippen molar-refractivity contribution < 1.29 is 14.3 Å². The van der Waals surface area contributed by atoms with E-state index in [-0.39, 0.29) is 6.61 Å². The van der Waals surface area contributed by atoms with Crippen molar-refractivity contribution in [2.45, 2.75) is 13.2 Å². The quantitative estimate of drug-likeness (QED) is 0.344. The normalized spacial score (nSPS) is 10.3. The van der Waals surface area contributed by atoms with E-state index in [2.05, 4.69) is 26.6 Å². The van der Waals surface area contributed by atoms with Crippen LogP contribution in [0.1, 0.15) is 11.1 Å². The van der Waals surface area contributed by atoms with Gasteiger partial charge in [0.2, 0.25) is 0 Å². The summed E-state index contributed by atoms with van der Waals surface area (Å²) in [5.41, 5.74) is 3.38. The Kier molecular flexibility index (Phi) is 7.46. The molecule has 144 valence electrons. The molecule has 0 aliphatic rings. The van der Waals surface area contributed by atoms with Gasteiger partial charge in [0.25, 0.3) is 0 Å². The lowest BCUT2D eigenvalue weighted by atomic mass is 10.2. The van der Waals surface area contributed by atoms with Crippen molar-refractivity contribution in [3.63, 3.8) is 0 Å². The number of hydrogen-bond acceptors (Lipinski definition) is 4. The van der Waals surface area contributed by atoms with Crippen molar-refractivity contribution in [3.8, 4) is 0 Å². The van der Waals surface area contributed by atoms with Crippen LogP contribution in [0.2, 0.25) is 0 Å². The van der Waals surface area contributed by atoms with Gasteiger partial charge in [0.05, 0.1) is 18.0 Å². The van der Waals surface area contributed by atoms with Crippen molar-refractivity contribution in [1.29, 1.82) is 0 Å². The van der Waals surface area contributed by atoms with Gasteiger partial charge in [-0.05, 0) is 29.3 Å². The number of nitrogens with one attached hydrogen (secondary N) is 2. The fraction of sp³-hybridized carbons (Fsp3) is 0.136. The average Bonchev–Trinajstić information content (AvgIpc) is 2.72. The van der Waals surface area contributed by atoms with Gasteiger partial charge >= 0.3 is 6.09 Å². The second-order valence-corrected chi connectivity index (χ2v) is 6.95. The second-order valence-electron chi connectivity index (χ2n) is 6.03. The molecule has 0 aliphatic carbocycles. The number of rotatable bonds is 8. The summed E-state index contributed by atoms with van der Waals surface area (Å²) in [6.45, 7) is 1.03. The van der Waals surface area contributed by atoms with Crippen molar-refractivity contribution in [3.05, 3.63) is 94.5 Å². The smallest absolute Gasteiger partial charge is 0.412 e. The molecule has 3 aromatic rings. The maximum Gasteiger partial charge on any atom is 0.412 e. The third kappa shape index (κ3) is 6.40. The Labute approximate surface area is 172 Å². The third-order valence-corrected chi connectivity index (χ3v) is 4.40. The van der Waals surface area contributed by atoms with E-state index in [9.17, 15) is 4.79 Å². The van der Waals surface area contributed by atoms with Crippen LogP contribution in [0, 0.1) is 0 Å². The summed E-state index contributed by atoms with van der Waals surface area (Å²) < 4.78 is 11.8. The summed E-state index contributed by atoms with van der Waals surface area (Å²) in [7, 11) is 0. The molecule has 0 radical (unpaired) electrons. The van der Waals surface area contributed by atoms with E-state index in [1.807, 2.05) is 78.9 Å². The number of hydrogen-bond donors (Lipinski definition) is 2. The fourth-order valence-corrected chi connectivity index (χ4v) is 2.88. The van der Waals surface area contributed by atoms with Crippen LogP contribution in [-0.4, -0.2) is 12.8 Å². The molecule has 0 aromatic heterocycles. The Morgan fingerprint density at radius 3 is 2.14 bits per heavy atom.